The summed E-state index contributed by atoms with van der Waals surface area (Å²) in [5.74, 6) is -0.490. The average Bonchev–Trinajstić information content (AvgIpc) is 2.88. The molecule has 21 heavy (non-hydrogen) atoms. The molecule has 106 valence electrons. The number of imidazole rings is 1. The van der Waals surface area contributed by atoms with Gasteiger partial charge in [-0.15, -0.1) is 0 Å². The summed E-state index contributed by atoms with van der Waals surface area (Å²) in [6.07, 6.45) is 3.62. The van der Waals surface area contributed by atoms with Crippen LogP contribution in [-0.2, 0) is 4.79 Å². The molecule has 0 radical (unpaired) electrons. The second kappa shape index (κ2) is 5.46. The van der Waals surface area contributed by atoms with Gasteiger partial charge in [0.15, 0.2) is 6.61 Å². The highest BCUT2D eigenvalue weighted by Gasteiger charge is 2.07. The molecule has 3 rings (SSSR count). The smallest absolute Gasteiger partial charge is 0.341 e. The van der Waals surface area contributed by atoms with E-state index in [-0.39, 0.29) is 6.61 Å². The van der Waals surface area contributed by atoms with Gasteiger partial charge in [0.2, 0.25) is 0 Å². The van der Waals surface area contributed by atoms with Gasteiger partial charge in [-0.2, -0.15) is 0 Å². The summed E-state index contributed by atoms with van der Waals surface area (Å²) < 4.78 is 7.03. The fourth-order valence-corrected chi connectivity index (χ4v) is 2.19. The number of pyridine rings is 1. The Kier molecular flexibility index (Phi) is 3.50. The molecule has 0 aliphatic rings. The van der Waals surface area contributed by atoms with Gasteiger partial charge in [-0.05, 0) is 30.3 Å². The molecule has 0 saturated carbocycles. The largest absolute Gasteiger partial charge is 0.482 e. The molecule has 2 heterocycles. The summed E-state index contributed by atoms with van der Waals surface area (Å²) in [4.78, 5) is 14.8. The summed E-state index contributed by atoms with van der Waals surface area (Å²) in [7, 11) is 0. The van der Waals surface area contributed by atoms with Crippen LogP contribution >= 0.6 is 11.6 Å². The van der Waals surface area contributed by atoms with Crippen molar-refractivity contribution < 1.29 is 14.6 Å². The Morgan fingerprint density at radius 3 is 2.76 bits per heavy atom. The van der Waals surface area contributed by atoms with Crippen molar-refractivity contribution in [3.63, 3.8) is 0 Å². The maximum atomic E-state index is 10.5. The standard InChI is InChI=1S/C15H11ClN2O3/c16-11-5-6-18-13(8-17-14(18)7-11)10-1-3-12(4-2-10)21-9-15(19)20/h1-8H,9H2,(H,19,20). The third-order valence-corrected chi connectivity index (χ3v) is 3.22. The van der Waals surface area contributed by atoms with E-state index >= 15 is 0 Å². The van der Waals surface area contributed by atoms with Gasteiger partial charge in [-0.25, -0.2) is 9.78 Å². The van der Waals surface area contributed by atoms with E-state index in [4.69, 9.17) is 21.4 Å². The number of hydrogen-bond acceptors (Lipinski definition) is 3. The van der Waals surface area contributed by atoms with Crippen molar-refractivity contribution in [2.24, 2.45) is 0 Å². The molecule has 0 amide bonds. The molecule has 0 spiro atoms. The third kappa shape index (κ3) is 2.83. The number of benzene rings is 1. The van der Waals surface area contributed by atoms with Crippen LogP contribution in [0.1, 0.15) is 0 Å². The lowest BCUT2D eigenvalue weighted by Gasteiger charge is -2.05. The molecule has 5 nitrogen and oxygen atoms in total. The second-order valence-corrected chi connectivity index (χ2v) is 4.86. The lowest BCUT2D eigenvalue weighted by Crippen LogP contribution is -2.09. The van der Waals surface area contributed by atoms with E-state index in [0.29, 0.717) is 10.8 Å². The number of fused-ring (bicyclic) bond motifs is 1. The minimum Gasteiger partial charge on any atom is -0.482 e. The van der Waals surface area contributed by atoms with Gasteiger partial charge < -0.3 is 9.84 Å². The van der Waals surface area contributed by atoms with E-state index in [0.717, 1.165) is 16.9 Å². The zero-order valence-corrected chi connectivity index (χ0v) is 11.6. The number of hydrogen-bond donors (Lipinski definition) is 1. The molecule has 0 fully saturated rings. The first-order chi connectivity index (χ1) is 10.1. The molecule has 0 unspecified atom stereocenters. The fraction of sp³-hybridized carbons (Fsp3) is 0.0667. The third-order valence-electron chi connectivity index (χ3n) is 2.99. The SMILES string of the molecule is O=C(O)COc1ccc(-c2cnc3cc(Cl)ccn23)cc1. The first-order valence-electron chi connectivity index (χ1n) is 6.21. The molecule has 0 saturated heterocycles. The van der Waals surface area contributed by atoms with Crippen molar-refractivity contribution in [1.29, 1.82) is 0 Å². The van der Waals surface area contributed by atoms with Crippen molar-refractivity contribution in [3.05, 3.63) is 53.8 Å². The van der Waals surface area contributed by atoms with E-state index in [9.17, 15) is 4.79 Å². The normalized spacial score (nSPS) is 10.7. The molecule has 1 N–H and O–H groups in total. The zero-order valence-electron chi connectivity index (χ0n) is 10.9. The first-order valence-corrected chi connectivity index (χ1v) is 6.59. The van der Waals surface area contributed by atoms with Crippen LogP contribution in [0.2, 0.25) is 5.02 Å². The predicted octanol–water partition coefficient (Wildman–Crippen LogP) is 3.12. The lowest BCUT2D eigenvalue weighted by atomic mass is 10.1. The van der Waals surface area contributed by atoms with Crippen molar-refractivity contribution in [1.82, 2.24) is 9.38 Å². The lowest BCUT2D eigenvalue weighted by molar-refractivity contribution is -0.139. The van der Waals surface area contributed by atoms with E-state index in [2.05, 4.69) is 4.98 Å². The monoisotopic (exact) mass is 302 g/mol. The Bertz CT molecular complexity index is 796. The topological polar surface area (TPSA) is 63.8 Å². The van der Waals surface area contributed by atoms with Crippen LogP contribution in [-0.4, -0.2) is 27.1 Å². The summed E-state index contributed by atoms with van der Waals surface area (Å²) in [5, 5.41) is 9.21. The van der Waals surface area contributed by atoms with Crippen LogP contribution in [0.3, 0.4) is 0 Å². The average molecular weight is 303 g/mol. The highest BCUT2D eigenvalue weighted by Crippen LogP contribution is 2.24. The highest BCUT2D eigenvalue weighted by atomic mass is 35.5. The number of carboxylic acid groups (broad SMARTS) is 1. The minimum absolute atomic E-state index is 0.354. The van der Waals surface area contributed by atoms with Crippen molar-refractivity contribution >= 4 is 23.2 Å². The van der Waals surface area contributed by atoms with Crippen molar-refractivity contribution in [2.45, 2.75) is 0 Å². The van der Waals surface area contributed by atoms with E-state index in [1.165, 1.54) is 0 Å². The van der Waals surface area contributed by atoms with Crippen molar-refractivity contribution in [2.75, 3.05) is 6.61 Å². The number of rotatable bonds is 4. The Morgan fingerprint density at radius 1 is 1.29 bits per heavy atom. The Morgan fingerprint density at radius 2 is 2.05 bits per heavy atom. The van der Waals surface area contributed by atoms with Crippen LogP contribution in [0.25, 0.3) is 16.9 Å². The number of ether oxygens (including phenoxy) is 1. The summed E-state index contributed by atoms with van der Waals surface area (Å²) in [5.41, 5.74) is 2.64. The number of carboxylic acids is 1. The van der Waals surface area contributed by atoms with Crippen LogP contribution in [0.15, 0.2) is 48.8 Å². The molecule has 3 aromatic rings. The van der Waals surface area contributed by atoms with Gasteiger partial charge in [-0.1, -0.05) is 11.6 Å². The summed E-state index contributed by atoms with van der Waals surface area (Å²) >= 11 is 5.94. The quantitative estimate of drug-likeness (QED) is 0.804. The van der Waals surface area contributed by atoms with Crippen LogP contribution in [0, 0.1) is 0 Å². The Labute approximate surface area is 125 Å². The van der Waals surface area contributed by atoms with Crippen LogP contribution in [0.5, 0.6) is 5.75 Å². The molecular formula is C15H11ClN2O3. The van der Waals surface area contributed by atoms with Gasteiger partial charge in [0, 0.05) is 22.8 Å². The minimum atomic E-state index is -1.00. The maximum absolute atomic E-state index is 10.5. The number of nitrogens with zero attached hydrogens (tertiary/aromatic N) is 2. The molecule has 6 heteroatoms. The maximum Gasteiger partial charge on any atom is 0.341 e. The number of carbonyl (C=O) groups is 1. The van der Waals surface area contributed by atoms with Crippen molar-refractivity contribution in [3.8, 4) is 17.0 Å². The van der Waals surface area contributed by atoms with Crippen LogP contribution in [0.4, 0.5) is 0 Å². The molecule has 2 aromatic heterocycles. The van der Waals surface area contributed by atoms with Gasteiger partial charge in [0.25, 0.3) is 0 Å². The molecular weight excluding hydrogens is 292 g/mol. The first kappa shape index (κ1) is 13.5. The summed E-state index contributed by atoms with van der Waals surface area (Å²) in [6.45, 7) is -0.354. The van der Waals surface area contributed by atoms with Gasteiger partial charge in [0.1, 0.15) is 11.4 Å². The van der Waals surface area contributed by atoms with Gasteiger partial charge in [-0.3, -0.25) is 4.40 Å². The van der Waals surface area contributed by atoms with Gasteiger partial charge in [0.05, 0.1) is 11.9 Å². The molecule has 0 bridgehead atoms. The van der Waals surface area contributed by atoms with Gasteiger partial charge >= 0.3 is 5.97 Å². The molecule has 0 aliphatic heterocycles. The van der Waals surface area contributed by atoms with E-state index in [1.807, 2.05) is 22.7 Å². The Hall–Kier alpha value is -2.53. The second-order valence-electron chi connectivity index (χ2n) is 4.42. The van der Waals surface area contributed by atoms with E-state index in [1.54, 1.807) is 30.5 Å². The summed E-state index contributed by atoms with van der Waals surface area (Å²) in [6, 6.07) is 10.8. The van der Waals surface area contributed by atoms with Crippen LogP contribution < -0.4 is 4.74 Å². The zero-order chi connectivity index (χ0) is 14.8. The number of aromatic nitrogens is 2. The Balaban J connectivity index is 1.90. The molecule has 0 aliphatic carbocycles. The molecule has 1 aromatic carbocycles. The molecule has 0 atom stereocenters. The highest BCUT2D eigenvalue weighted by molar-refractivity contribution is 6.30. The number of halogens is 1. The fourth-order valence-electron chi connectivity index (χ4n) is 2.04. The number of aliphatic carboxylic acids is 1. The van der Waals surface area contributed by atoms with E-state index < -0.39 is 5.97 Å². The predicted molar refractivity (Wildman–Crippen MR) is 78.8 cm³/mol.